The van der Waals surface area contributed by atoms with Gasteiger partial charge in [-0.15, -0.1) is 0 Å². The van der Waals surface area contributed by atoms with E-state index in [0.29, 0.717) is 25.3 Å². The van der Waals surface area contributed by atoms with E-state index in [0.717, 1.165) is 5.56 Å². The number of nitrogens with one attached hydrogen (secondary N) is 2. The fraction of sp³-hybridized carbons (Fsp3) is 0.500. The van der Waals surface area contributed by atoms with E-state index in [4.69, 9.17) is 0 Å². The molecule has 2 amide bonds. The van der Waals surface area contributed by atoms with Crippen molar-refractivity contribution >= 4 is 11.8 Å². The normalized spacial score (nSPS) is 15.4. The highest BCUT2D eigenvalue weighted by molar-refractivity contribution is 5.80. The molecule has 2 N–H and O–H groups in total. The zero-order valence-electron chi connectivity index (χ0n) is 11.9. The maximum Gasteiger partial charge on any atom is 0.224 e. The van der Waals surface area contributed by atoms with Crippen LogP contribution in [0.15, 0.2) is 30.3 Å². The Hall–Kier alpha value is -1.84. The monoisotopic (exact) mass is 274 g/mol. The molecule has 4 nitrogen and oxygen atoms in total. The van der Waals surface area contributed by atoms with Gasteiger partial charge in [0.2, 0.25) is 11.8 Å². The lowest BCUT2D eigenvalue weighted by Gasteiger charge is -2.12. The summed E-state index contributed by atoms with van der Waals surface area (Å²) in [7, 11) is 0. The number of amides is 2. The average molecular weight is 274 g/mol. The van der Waals surface area contributed by atoms with Crippen molar-refractivity contribution in [1.82, 2.24) is 10.6 Å². The summed E-state index contributed by atoms with van der Waals surface area (Å²) in [6, 6.07) is 9.85. The first-order valence-corrected chi connectivity index (χ1v) is 7.25. The minimum absolute atomic E-state index is 0.0180. The number of benzene rings is 1. The maximum absolute atomic E-state index is 11.7. The van der Waals surface area contributed by atoms with Gasteiger partial charge < -0.3 is 10.6 Å². The van der Waals surface area contributed by atoms with Gasteiger partial charge in [-0.3, -0.25) is 9.59 Å². The summed E-state index contributed by atoms with van der Waals surface area (Å²) in [6.45, 7) is 2.44. The van der Waals surface area contributed by atoms with E-state index in [9.17, 15) is 9.59 Å². The zero-order valence-corrected chi connectivity index (χ0v) is 11.9. The van der Waals surface area contributed by atoms with Gasteiger partial charge in [-0.25, -0.2) is 0 Å². The molecule has 0 aromatic heterocycles. The van der Waals surface area contributed by atoms with Crippen LogP contribution >= 0.6 is 0 Å². The van der Waals surface area contributed by atoms with Crippen molar-refractivity contribution < 1.29 is 9.59 Å². The molecule has 4 heteroatoms. The van der Waals surface area contributed by atoms with Gasteiger partial charge in [0.15, 0.2) is 0 Å². The number of rotatable bonds is 7. The highest BCUT2D eigenvalue weighted by Gasteiger charge is 2.28. The first-order valence-electron chi connectivity index (χ1n) is 7.25. The number of hydrogen-bond donors (Lipinski definition) is 2. The van der Waals surface area contributed by atoms with E-state index >= 15 is 0 Å². The van der Waals surface area contributed by atoms with Crippen molar-refractivity contribution in [3.63, 3.8) is 0 Å². The summed E-state index contributed by atoms with van der Waals surface area (Å²) in [6.07, 6.45) is 3.14. The van der Waals surface area contributed by atoms with E-state index in [2.05, 4.69) is 10.6 Å². The highest BCUT2D eigenvalue weighted by atomic mass is 16.2. The lowest BCUT2D eigenvalue weighted by atomic mass is 10.1. The maximum atomic E-state index is 11.7. The van der Waals surface area contributed by atoms with Gasteiger partial charge in [0.25, 0.3) is 0 Å². The standard InChI is InChI=1S/C16H22N2O2/c1-12(14-7-8-14)18-15(19)9-10-17-16(20)11-13-5-3-2-4-6-13/h2-6,12,14H,7-11H2,1H3,(H,17,20)(H,18,19)/t12-/m0/s1. The van der Waals surface area contributed by atoms with Crippen LogP contribution in [0.25, 0.3) is 0 Å². The van der Waals surface area contributed by atoms with Crippen LogP contribution in [0.5, 0.6) is 0 Å². The van der Waals surface area contributed by atoms with Crippen LogP contribution in [0.2, 0.25) is 0 Å². The van der Waals surface area contributed by atoms with E-state index < -0.39 is 0 Å². The fourth-order valence-corrected chi connectivity index (χ4v) is 2.20. The molecule has 0 saturated heterocycles. The molecule has 0 bridgehead atoms. The van der Waals surface area contributed by atoms with Crippen molar-refractivity contribution in [2.24, 2.45) is 5.92 Å². The smallest absolute Gasteiger partial charge is 0.224 e. The van der Waals surface area contributed by atoms with Crippen molar-refractivity contribution in [2.75, 3.05) is 6.54 Å². The Balaban J connectivity index is 1.60. The second-order valence-corrected chi connectivity index (χ2v) is 5.46. The number of carbonyl (C=O) groups excluding carboxylic acids is 2. The minimum Gasteiger partial charge on any atom is -0.355 e. The lowest BCUT2D eigenvalue weighted by Crippen LogP contribution is -2.36. The van der Waals surface area contributed by atoms with Crippen molar-refractivity contribution in [3.8, 4) is 0 Å². The molecular formula is C16H22N2O2. The Kier molecular flexibility index (Phi) is 5.16. The van der Waals surface area contributed by atoms with Crippen LogP contribution in [0, 0.1) is 5.92 Å². The van der Waals surface area contributed by atoms with Crippen LogP contribution in [-0.4, -0.2) is 24.4 Å². The van der Waals surface area contributed by atoms with E-state index in [1.165, 1.54) is 12.8 Å². The summed E-state index contributed by atoms with van der Waals surface area (Å²) in [5.74, 6) is 0.635. The van der Waals surface area contributed by atoms with E-state index in [1.807, 2.05) is 37.3 Å². The van der Waals surface area contributed by atoms with Crippen molar-refractivity contribution in [1.29, 1.82) is 0 Å². The third-order valence-electron chi connectivity index (χ3n) is 3.60. The van der Waals surface area contributed by atoms with Gasteiger partial charge in [-0.05, 0) is 31.2 Å². The summed E-state index contributed by atoms with van der Waals surface area (Å²) in [5, 5.41) is 5.76. The third-order valence-corrected chi connectivity index (χ3v) is 3.60. The Labute approximate surface area is 119 Å². The van der Waals surface area contributed by atoms with Crippen LogP contribution in [-0.2, 0) is 16.0 Å². The molecule has 0 spiro atoms. The van der Waals surface area contributed by atoms with Crippen LogP contribution in [0.1, 0.15) is 31.7 Å². The van der Waals surface area contributed by atoms with Crippen LogP contribution < -0.4 is 10.6 Å². The SMILES string of the molecule is C[C@H](NC(=O)CCNC(=O)Cc1ccccc1)C1CC1. The van der Waals surface area contributed by atoms with Crippen LogP contribution in [0.4, 0.5) is 0 Å². The molecule has 20 heavy (non-hydrogen) atoms. The van der Waals surface area contributed by atoms with Gasteiger partial charge >= 0.3 is 0 Å². The molecule has 1 fully saturated rings. The molecule has 0 unspecified atom stereocenters. The molecule has 0 radical (unpaired) electrons. The molecular weight excluding hydrogens is 252 g/mol. The first kappa shape index (κ1) is 14.6. The minimum atomic E-state index is -0.0424. The molecule has 108 valence electrons. The number of carbonyl (C=O) groups is 2. The molecule has 1 aliphatic carbocycles. The summed E-state index contributed by atoms with van der Waals surface area (Å²) in [5.41, 5.74) is 0.983. The first-order chi connectivity index (χ1) is 9.65. The second kappa shape index (κ2) is 7.08. The second-order valence-electron chi connectivity index (χ2n) is 5.46. The van der Waals surface area contributed by atoms with Gasteiger partial charge in [0.1, 0.15) is 0 Å². The topological polar surface area (TPSA) is 58.2 Å². The highest BCUT2D eigenvalue weighted by Crippen LogP contribution is 2.32. The largest absolute Gasteiger partial charge is 0.355 e. The third kappa shape index (κ3) is 5.03. The average Bonchev–Trinajstić information content (AvgIpc) is 3.24. The predicted molar refractivity (Wildman–Crippen MR) is 78.1 cm³/mol. The Morgan fingerprint density at radius 1 is 1.20 bits per heavy atom. The Morgan fingerprint density at radius 2 is 1.90 bits per heavy atom. The van der Waals surface area contributed by atoms with Crippen LogP contribution in [0.3, 0.4) is 0 Å². The van der Waals surface area contributed by atoms with Crippen molar-refractivity contribution in [2.45, 2.75) is 38.6 Å². The van der Waals surface area contributed by atoms with E-state index in [-0.39, 0.29) is 17.9 Å². The molecule has 1 saturated carbocycles. The van der Waals surface area contributed by atoms with E-state index in [1.54, 1.807) is 0 Å². The molecule has 0 aliphatic heterocycles. The van der Waals surface area contributed by atoms with Gasteiger partial charge in [0, 0.05) is 19.0 Å². The molecule has 2 rings (SSSR count). The van der Waals surface area contributed by atoms with Crippen molar-refractivity contribution in [3.05, 3.63) is 35.9 Å². The van der Waals surface area contributed by atoms with Gasteiger partial charge in [-0.1, -0.05) is 30.3 Å². The van der Waals surface area contributed by atoms with Gasteiger partial charge in [0.05, 0.1) is 6.42 Å². The summed E-state index contributed by atoms with van der Waals surface area (Å²) < 4.78 is 0. The Bertz CT molecular complexity index is 455. The summed E-state index contributed by atoms with van der Waals surface area (Å²) >= 11 is 0. The zero-order chi connectivity index (χ0) is 14.4. The fourth-order valence-electron chi connectivity index (χ4n) is 2.20. The molecule has 1 aromatic carbocycles. The lowest BCUT2D eigenvalue weighted by molar-refractivity contribution is -0.122. The Morgan fingerprint density at radius 3 is 2.55 bits per heavy atom. The molecule has 0 heterocycles. The molecule has 1 atom stereocenters. The molecule has 1 aliphatic rings. The molecule has 1 aromatic rings. The summed E-state index contributed by atoms with van der Waals surface area (Å²) in [4.78, 5) is 23.4. The number of hydrogen-bond acceptors (Lipinski definition) is 2. The predicted octanol–water partition coefficient (Wildman–Crippen LogP) is 1.65. The van der Waals surface area contributed by atoms with Gasteiger partial charge in [-0.2, -0.15) is 0 Å². The quantitative estimate of drug-likeness (QED) is 0.794.